The summed E-state index contributed by atoms with van der Waals surface area (Å²) in [5, 5.41) is 4.49. The number of benzene rings is 1. The van der Waals surface area contributed by atoms with Crippen molar-refractivity contribution in [2.45, 2.75) is 18.9 Å². The first kappa shape index (κ1) is 10.5. The topological polar surface area (TPSA) is 34.1 Å². The molecule has 2 heterocycles. The van der Waals surface area contributed by atoms with Crippen LogP contribution in [0.2, 0.25) is 0 Å². The van der Waals surface area contributed by atoms with E-state index < -0.39 is 0 Å². The van der Waals surface area contributed by atoms with Crippen LogP contribution in [0.5, 0.6) is 5.88 Å². The fourth-order valence-corrected chi connectivity index (χ4v) is 2.20. The first-order chi connectivity index (χ1) is 8.42. The van der Waals surface area contributed by atoms with Gasteiger partial charge in [-0.2, -0.15) is 0 Å². The number of ether oxygens (including phenoxy) is 1. The summed E-state index contributed by atoms with van der Waals surface area (Å²) in [6, 6.07) is 12.1. The minimum atomic E-state index is 0.310. The van der Waals surface area contributed by atoms with E-state index in [4.69, 9.17) is 4.74 Å². The van der Waals surface area contributed by atoms with Crippen LogP contribution in [-0.2, 0) is 0 Å². The van der Waals surface area contributed by atoms with Gasteiger partial charge in [-0.1, -0.05) is 18.2 Å². The summed E-state index contributed by atoms with van der Waals surface area (Å²) in [6.07, 6.45) is 2.44. The first-order valence-corrected chi connectivity index (χ1v) is 6.15. The van der Waals surface area contributed by atoms with Crippen LogP contribution < -0.4 is 10.1 Å². The lowest BCUT2D eigenvalue weighted by Crippen LogP contribution is -2.34. The molecule has 0 saturated carbocycles. The van der Waals surface area contributed by atoms with Crippen molar-refractivity contribution >= 4 is 10.9 Å². The van der Waals surface area contributed by atoms with Gasteiger partial charge < -0.3 is 10.1 Å². The van der Waals surface area contributed by atoms with Gasteiger partial charge in [0.1, 0.15) is 6.10 Å². The van der Waals surface area contributed by atoms with Gasteiger partial charge in [0.15, 0.2) is 0 Å². The molecule has 1 aliphatic heterocycles. The molecule has 1 saturated heterocycles. The molecule has 0 atom stereocenters. The molecule has 1 aromatic carbocycles. The SMILES string of the molecule is c1ccc2nc(OC3CCNCC3)ccc2c1. The predicted octanol–water partition coefficient (Wildman–Crippen LogP) is 2.37. The largest absolute Gasteiger partial charge is 0.474 e. The second-order valence-electron chi connectivity index (χ2n) is 4.41. The summed E-state index contributed by atoms with van der Waals surface area (Å²) >= 11 is 0. The van der Waals surface area contributed by atoms with Crippen LogP contribution in [-0.4, -0.2) is 24.2 Å². The number of nitrogens with zero attached hydrogens (tertiary/aromatic N) is 1. The van der Waals surface area contributed by atoms with E-state index in [0.717, 1.165) is 42.7 Å². The molecule has 1 N–H and O–H groups in total. The van der Waals surface area contributed by atoms with E-state index in [0.29, 0.717) is 6.10 Å². The van der Waals surface area contributed by atoms with Crippen LogP contribution in [0.25, 0.3) is 10.9 Å². The van der Waals surface area contributed by atoms with Gasteiger partial charge >= 0.3 is 0 Å². The van der Waals surface area contributed by atoms with Crippen molar-refractivity contribution < 1.29 is 4.74 Å². The third-order valence-corrected chi connectivity index (χ3v) is 3.15. The summed E-state index contributed by atoms with van der Waals surface area (Å²) in [7, 11) is 0. The Kier molecular flexibility index (Phi) is 2.92. The summed E-state index contributed by atoms with van der Waals surface area (Å²) < 4.78 is 5.91. The van der Waals surface area contributed by atoms with Crippen molar-refractivity contribution in [3.63, 3.8) is 0 Å². The molecule has 1 fully saturated rings. The average molecular weight is 228 g/mol. The maximum absolute atomic E-state index is 5.91. The third-order valence-electron chi connectivity index (χ3n) is 3.15. The highest BCUT2D eigenvalue weighted by Gasteiger charge is 2.14. The van der Waals surface area contributed by atoms with Gasteiger partial charge in [0.25, 0.3) is 0 Å². The number of piperidine rings is 1. The van der Waals surface area contributed by atoms with E-state index in [1.54, 1.807) is 0 Å². The maximum Gasteiger partial charge on any atom is 0.214 e. The highest BCUT2D eigenvalue weighted by atomic mass is 16.5. The lowest BCUT2D eigenvalue weighted by molar-refractivity contribution is 0.156. The normalized spacial score (nSPS) is 17.2. The first-order valence-electron chi connectivity index (χ1n) is 6.15. The molecule has 3 rings (SSSR count). The minimum Gasteiger partial charge on any atom is -0.474 e. The monoisotopic (exact) mass is 228 g/mol. The number of aromatic nitrogens is 1. The zero-order valence-corrected chi connectivity index (χ0v) is 9.73. The number of nitrogens with one attached hydrogen (secondary N) is 1. The van der Waals surface area contributed by atoms with Crippen LogP contribution in [0.15, 0.2) is 36.4 Å². The van der Waals surface area contributed by atoms with E-state index in [9.17, 15) is 0 Å². The second kappa shape index (κ2) is 4.72. The molecule has 1 aliphatic rings. The van der Waals surface area contributed by atoms with Gasteiger partial charge in [-0.05, 0) is 38.1 Å². The summed E-state index contributed by atoms with van der Waals surface area (Å²) in [5.41, 5.74) is 0.999. The van der Waals surface area contributed by atoms with Gasteiger partial charge in [0.05, 0.1) is 5.52 Å². The lowest BCUT2D eigenvalue weighted by Gasteiger charge is -2.23. The van der Waals surface area contributed by atoms with Gasteiger partial charge in [-0.3, -0.25) is 0 Å². The van der Waals surface area contributed by atoms with Crippen molar-refractivity contribution in [3.8, 4) is 5.88 Å². The molecule has 0 spiro atoms. The quantitative estimate of drug-likeness (QED) is 0.856. The number of para-hydroxylation sites is 1. The Labute approximate surface area is 101 Å². The number of hydrogen-bond acceptors (Lipinski definition) is 3. The second-order valence-corrected chi connectivity index (χ2v) is 4.41. The van der Waals surface area contributed by atoms with Gasteiger partial charge in [-0.15, -0.1) is 0 Å². The van der Waals surface area contributed by atoms with E-state index in [1.807, 2.05) is 24.3 Å². The van der Waals surface area contributed by atoms with Crippen molar-refractivity contribution in [2.24, 2.45) is 0 Å². The van der Waals surface area contributed by atoms with Crippen molar-refractivity contribution in [3.05, 3.63) is 36.4 Å². The Morgan fingerprint density at radius 2 is 1.88 bits per heavy atom. The van der Waals surface area contributed by atoms with E-state index >= 15 is 0 Å². The predicted molar refractivity (Wildman–Crippen MR) is 68.3 cm³/mol. The Bertz CT molecular complexity index is 506. The average Bonchev–Trinajstić information content (AvgIpc) is 2.40. The number of rotatable bonds is 2. The van der Waals surface area contributed by atoms with E-state index in [-0.39, 0.29) is 0 Å². The van der Waals surface area contributed by atoms with Gasteiger partial charge in [0, 0.05) is 11.5 Å². The summed E-state index contributed by atoms with van der Waals surface area (Å²) in [6.45, 7) is 2.08. The molecule has 88 valence electrons. The molecule has 2 aromatic rings. The van der Waals surface area contributed by atoms with Crippen molar-refractivity contribution in [1.29, 1.82) is 0 Å². The third kappa shape index (κ3) is 2.39. The molecule has 0 amide bonds. The van der Waals surface area contributed by atoms with Crippen LogP contribution in [0.1, 0.15) is 12.8 Å². The number of hydrogen-bond donors (Lipinski definition) is 1. The minimum absolute atomic E-state index is 0.310. The zero-order chi connectivity index (χ0) is 11.5. The fraction of sp³-hybridized carbons (Fsp3) is 0.357. The van der Waals surface area contributed by atoms with Crippen LogP contribution in [0.3, 0.4) is 0 Å². The van der Waals surface area contributed by atoms with Crippen molar-refractivity contribution in [1.82, 2.24) is 10.3 Å². The Hall–Kier alpha value is -1.61. The maximum atomic E-state index is 5.91. The van der Waals surface area contributed by atoms with Crippen LogP contribution >= 0.6 is 0 Å². The zero-order valence-electron chi connectivity index (χ0n) is 9.73. The summed E-state index contributed by atoms with van der Waals surface area (Å²) in [5.74, 6) is 0.746. The van der Waals surface area contributed by atoms with E-state index in [2.05, 4.69) is 22.4 Å². The van der Waals surface area contributed by atoms with Gasteiger partial charge in [0.2, 0.25) is 5.88 Å². The number of fused-ring (bicyclic) bond motifs is 1. The van der Waals surface area contributed by atoms with E-state index in [1.165, 1.54) is 0 Å². The Morgan fingerprint density at radius 1 is 1.06 bits per heavy atom. The molecule has 0 radical (unpaired) electrons. The van der Waals surface area contributed by atoms with Crippen molar-refractivity contribution in [2.75, 3.05) is 13.1 Å². The molecular formula is C14H16N2O. The molecular weight excluding hydrogens is 212 g/mol. The Balaban J connectivity index is 1.80. The standard InChI is InChI=1S/C14H16N2O/c1-2-4-13-11(3-1)5-6-14(16-13)17-12-7-9-15-10-8-12/h1-6,12,15H,7-10H2. The molecule has 0 unspecified atom stereocenters. The van der Waals surface area contributed by atoms with Crippen LogP contribution in [0, 0.1) is 0 Å². The van der Waals surface area contributed by atoms with Crippen LogP contribution in [0.4, 0.5) is 0 Å². The molecule has 3 nitrogen and oxygen atoms in total. The fourth-order valence-electron chi connectivity index (χ4n) is 2.20. The molecule has 1 aromatic heterocycles. The molecule has 17 heavy (non-hydrogen) atoms. The molecule has 0 bridgehead atoms. The molecule has 0 aliphatic carbocycles. The highest BCUT2D eigenvalue weighted by Crippen LogP contribution is 2.18. The Morgan fingerprint density at radius 3 is 2.76 bits per heavy atom. The smallest absolute Gasteiger partial charge is 0.214 e. The molecule has 3 heteroatoms. The number of pyridine rings is 1. The summed E-state index contributed by atoms with van der Waals surface area (Å²) in [4.78, 5) is 4.53. The lowest BCUT2D eigenvalue weighted by atomic mass is 10.1. The van der Waals surface area contributed by atoms with Gasteiger partial charge in [-0.25, -0.2) is 4.98 Å². The highest BCUT2D eigenvalue weighted by molar-refractivity contribution is 5.78.